The molecule has 8 heteroatoms. The van der Waals surface area contributed by atoms with Crippen LogP contribution in [0.5, 0.6) is 5.75 Å². The smallest absolute Gasteiger partial charge is 0.245 e. The van der Waals surface area contributed by atoms with Crippen molar-refractivity contribution in [3.8, 4) is 5.75 Å². The molecule has 1 fully saturated rings. The molecule has 5 rings (SSSR count). The Morgan fingerprint density at radius 3 is 2.53 bits per heavy atom. The van der Waals surface area contributed by atoms with Crippen LogP contribution >= 0.6 is 0 Å². The molecule has 4 aromatic rings. The first-order chi connectivity index (χ1) is 17.5. The largest absolute Gasteiger partial charge is 0.497 e. The second-order valence-corrected chi connectivity index (χ2v) is 11.0. The Morgan fingerprint density at radius 1 is 1.03 bits per heavy atom. The second-order valence-electron chi connectivity index (χ2n) is 9.13. The average Bonchev–Trinajstić information content (AvgIpc) is 3.44. The Labute approximate surface area is 212 Å². The van der Waals surface area contributed by atoms with E-state index < -0.39 is 10.0 Å². The lowest BCUT2D eigenvalue weighted by atomic mass is 10.0. The summed E-state index contributed by atoms with van der Waals surface area (Å²) >= 11 is 0. The monoisotopic (exact) mass is 505 g/mol. The van der Waals surface area contributed by atoms with Crippen LogP contribution in [0, 0.1) is 0 Å². The third-order valence-corrected chi connectivity index (χ3v) is 8.84. The standard InChI is InChI=1S/C28H31N3O4S/c1-34-25-11-9-22(10-12-25)13-17-30-18-14-24(15-19-30)31(21-26-7-4-20-35-26)36(32,33)27-8-2-5-23-6-3-16-29-28(23)27/h2-12,16,20,24H,13-15,17-19,21H2,1H3. The van der Waals surface area contributed by atoms with Gasteiger partial charge < -0.3 is 14.1 Å². The van der Waals surface area contributed by atoms with Gasteiger partial charge in [-0.05, 0) is 74.3 Å². The fraction of sp³-hybridized carbons (Fsp3) is 0.321. The summed E-state index contributed by atoms with van der Waals surface area (Å²) in [6, 6.07) is 20.7. The molecule has 1 aliphatic heterocycles. The molecule has 0 unspecified atom stereocenters. The quantitative estimate of drug-likeness (QED) is 0.327. The molecular formula is C28H31N3O4S. The molecule has 0 bridgehead atoms. The molecule has 0 N–H and O–H groups in total. The number of sulfonamides is 1. The van der Waals surface area contributed by atoms with Gasteiger partial charge in [-0.25, -0.2) is 8.42 Å². The van der Waals surface area contributed by atoms with Gasteiger partial charge in [-0.3, -0.25) is 4.98 Å². The number of pyridine rings is 1. The zero-order chi connectivity index (χ0) is 25.0. The molecule has 0 spiro atoms. The zero-order valence-corrected chi connectivity index (χ0v) is 21.2. The van der Waals surface area contributed by atoms with Gasteiger partial charge >= 0.3 is 0 Å². The maximum Gasteiger partial charge on any atom is 0.245 e. The Hall–Kier alpha value is -3.20. The van der Waals surface area contributed by atoms with Crippen LogP contribution < -0.4 is 4.74 Å². The Morgan fingerprint density at radius 2 is 1.81 bits per heavy atom. The van der Waals surface area contributed by atoms with Crippen LogP contribution in [0.3, 0.4) is 0 Å². The van der Waals surface area contributed by atoms with Crippen molar-refractivity contribution in [3.63, 3.8) is 0 Å². The lowest BCUT2D eigenvalue weighted by Gasteiger charge is -2.37. The minimum absolute atomic E-state index is 0.115. The van der Waals surface area contributed by atoms with E-state index >= 15 is 0 Å². The lowest BCUT2D eigenvalue weighted by molar-refractivity contribution is 0.153. The van der Waals surface area contributed by atoms with E-state index in [4.69, 9.17) is 9.15 Å². The van der Waals surface area contributed by atoms with E-state index in [9.17, 15) is 8.42 Å². The summed E-state index contributed by atoms with van der Waals surface area (Å²) in [5.41, 5.74) is 1.77. The molecule has 36 heavy (non-hydrogen) atoms. The number of rotatable bonds is 9. The van der Waals surface area contributed by atoms with Crippen LogP contribution in [0.2, 0.25) is 0 Å². The molecule has 1 aliphatic rings. The molecule has 7 nitrogen and oxygen atoms in total. The van der Waals surface area contributed by atoms with Gasteiger partial charge in [0.15, 0.2) is 0 Å². The summed E-state index contributed by atoms with van der Waals surface area (Å²) in [6.07, 6.45) is 5.70. The molecule has 2 aromatic carbocycles. The minimum Gasteiger partial charge on any atom is -0.497 e. The van der Waals surface area contributed by atoms with Crippen molar-refractivity contribution in [3.05, 3.63) is 90.5 Å². The molecule has 0 radical (unpaired) electrons. The van der Waals surface area contributed by atoms with Crippen molar-refractivity contribution in [2.75, 3.05) is 26.7 Å². The van der Waals surface area contributed by atoms with Gasteiger partial charge in [-0.15, -0.1) is 0 Å². The van der Waals surface area contributed by atoms with Gasteiger partial charge in [0.25, 0.3) is 0 Å². The number of furan rings is 1. The Balaban J connectivity index is 1.32. The second kappa shape index (κ2) is 10.8. The summed E-state index contributed by atoms with van der Waals surface area (Å²) in [5, 5.41) is 0.810. The average molecular weight is 506 g/mol. The normalized spacial score (nSPS) is 15.5. The first kappa shape index (κ1) is 24.5. The summed E-state index contributed by atoms with van der Waals surface area (Å²) in [7, 11) is -2.13. The number of aromatic nitrogens is 1. The molecule has 2 aromatic heterocycles. The molecule has 0 amide bonds. The predicted octanol–water partition coefficient (Wildman–Crippen LogP) is 4.73. The summed E-state index contributed by atoms with van der Waals surface area (Å²) in [5.74, 6) is 1.49. The van der Waals surface area contributed by atoms with E-state index in [2.05, 4.69) is 22.0 Å². The molecule has 0 aliphatic carbocycles. The fourth-order valence-corrected chi connectivity index (χ4v) is 6.71. The van der Waals surface area contributed by atoms with E-state index in [0.29, 0.717) is 11.3 Å². The number of ether oxygens (including phenoxy) is 1. The van der Waals surface area contributed by atoms with Crippen molar-refractivity contribution in [2.45, 2.75) is 36.7 Å². The molecule has 0 atom stereocenters. The molecule has 0 saturated carbocycles. The zero-order valence-electron chi connectivity index (χ0n) is 20.4. The molecule has 1 saturated heterocycles. The number of hydrogen-bond donors (Lipinski definition) is 0. The topological polar surface area (TPSA) is 75.9 Å². The molecule has 3 heterocycles. The van der Waals surface area contributed by atoms with Crippen LogP contribution in [0.4, 0.5) is 0 Å². The van der Waals surface area contributed by atoms with Crippen LogP contribution in [0.15, 0.2) is 88.5 Å². The van der Waals surface area contributed by atoms with E-state index in [1.807, 2.05) is 36.4 Å². The number of hydrogen-bond acceptors (Lipinski definition) is 6. The first-order valence-electron chi connectivity index (χ1n) is 12.3. The maximum absolute atomic E-state index is 14.0. The maximum atomic E-state index is 14.0. The number of methoxy groups -OCH3 is 1. The Kier molecular flexibility index (Phi) is 7.36. The number of para-hydroxylation sites is 1. The highest BCUT2D eigenvalue weighted by molar-refractivity contribution is 7.89. The van der Waals surface area contributed by atoms with Gasteiger partial charge in [0, 0.05) is 24.2 Å². The Bertz CT molecular complexity index is 1370. The highest BCUT2D eigenvalue weighted by atomic mass is 32.2. The van der Waals surface area contributed by atoms with Gasteiger partial charge in [-0.1, -0.05) is 30.3 Å². The summed E-state index contributed by atoms with van der Waals surface area (Å²) in [4.78, 5) is 7.06. The van der Waals surface area contributed by atoms with Gasteiger partial charge in [0.05, 0.1) is 25.4 Å². The third kappa shape index (κ3) is 5.31. The lowest BCUT2D eigenvalue weighted by Crippen LogP contribution is -2.47. The van der Waals surface area contributed by atoms with E-state index in [1.165, 1.54) is 5.56 Å². The fourth-order valence-electron chi connectivity index (χ4n) is 4.89. The third-order valence-electron chi connectivity index (χ3n) is 6.91. The summed E-state index contributed by atoms with van der Waals surface area (Å²) in [6.45, 7) is 2.84. The van der Waals surface area contributed by atoms with Crippen LogP contribution in [-0.4, -0.2) is 55.4 Å². The van der Waals surface area contributed by atoms with Gasteiger partial charge in [-0.2, -0.15) is 4.31 Å². The first-order valence-corrected chi connectivity index (χ1v) is 13.7. The van der Waals surface area contributed by atoms with Crippen LogP contribution in [0.1, 0.15) is 24.2 Å². The number of nitrogens with zero attached hydrogens (tertiary/aromatic N) is 3. The number of fused-ring (bicyclic) bond motifs is 1. The van der Waals surface area contributed by atoms with E-state index in [1.54, 1.807) is 42.1 Å². The molecular weight excluding hydrogens is 474 g/mol. The number of piperidine rings is 1. The van der Waals surface area contributed by atoms with Gasteiger partial charge in [0.1, 0.15) is 16.4 Å². The van der Waals surface area contributed by atoms with E-state index in [-0.39, 0.29) is 17.5 Å². The SMILES string of the molecule is COc1ccc(CCN2CCC(N(Cc3ccco3)S(=O)(=O)c3cccc4cccnc34)CC2)cc1. The van der Waals surface area contributed by atoms with Crippen molar-refractivity contribution >= 4 is 20.9 Å². The number of likely N-dealkylation sites (tertiary alicyclic amines) is 1. The minimum atomic E-state index is -3.80. The van der Waals surface area contributed by atoms with Crippen LogP contribution in [0.25, 0.3) is 10.9 Å². The van der Waals surface area contributed by atoms with Crippen molar-refractivity contribution in [1.82, 2.24) is 14.2 Å². The van der Waals surface area contributed by atoms with E-state index in [0.717, 1.165) is 50.0 Å². The van der Waals surface area contributed by atoms with Crippen molar-refractivity contribution in [2.24, 2.45) is 0 Å². The summed E-state index contributed by atoms with van der Waals surface area (Å²) < 4.78 is 40.5. The van der Waals surface area contributed by atoms with Crippen LogP contribution in [-0.2, 0) is 23.0 Å². The van der Waals surface area contributed by atoms with Crippen molar-refractivity contribution < 1.29 is 17.6 Å². The highest BCUT2D eigenvalue weighted by Crippen LogP contribution is 2.30. The van der Waals surface area contributed by atoms with Crippen molar-refractivity contribution in [1.29, 1.82) is 0 Å². The highest BCUT2D eigenvalue weighted by Gasteiger charge is 2.35. The van der Waals surface area contributed by atoms with Gasteiger partial charge in [0.2, 0.25) is 10.0 Å². The molecule has 188 valence electrons. The number of benzene rings is 2. The predicted molar refractivity (Wildman–Crippen MR) is 139 cm³/mol.